The van der Waals surface area contributed by atoms with Crippen LogP contribution in [-0.2, 0) is 14.3 Å². The molecule has 8 nitrogen and oxygen atoms in total. The van der Waals surface area contributed by atoms with Gasteiger partial charge in [-0.1, -0.05) is 31.4 Å². The quantitative estimate of drug-likeness (QED) is 0.520. The predicted octanol–water partition coefficient (Wildman–Crippen LogP) is 3.17. The van der Waals surface area contributed by atoms with Gasteiger partial charge in [-0.3, -0.25) is 19.3 Å². The average molecular weight is 486 g/mol. The highest BCUT2D eigenvalue weighted by atomic mass is 16.5. The van der Waals surface area contributed by atoms with Gasteiger partial charge in [-0.25, -0.2) is 0 Å². The molecule has 3 fully saturated rings. The zero-order chi connectivity index (χ0) is 24.9. The van der Waals surface area contributed by atoms with Crippen molar-refractivity contribution in [1.82, 2.24) is 9.80 Å². The van der Waals surface area contributed by atoms with Crippen LogP contribution < -0.4 is 5.73 Å². The van der Waals surface area contributed by atoms with Crippen LogP contribution in [0.1, 0.15) is 86.6 Å². The first-order valence-corrected chi connectivity index (χ1v) is 13.1. The van der Waals surface area contributed by atoms with Crippen molar-refractivity contribution >= 4 is 17.8 Å². The Bertz CT molecular complexity index is 915. The second kappa shape index (κ2) is 11.4. The molecule has 192 valence electrons. The second-order valence-electron chi connectivity index (χ2n) is 10.5. The van der Waals surface area contributed by atoms with Crippen molar-refractivity contribution in [2.75, 3.05) is 26.2 Å². The first-order chi connectivity index (χ1) is 16.8. The van der Waals surface area contributed by atoms with E-state index in [1.54, 1.807) is 12.1 Å². The summed E-state index contributed by atoms with van der Waals surface area (Å²) >= 11 is 0. The van der Waals surface area contributed by atoms with Crippen molar-refractivity contribution in [3.63, 3.8) is 0 Å². The number of rotatable bonds is 9. The molecule has 4 rings (SSSR count). The number of carbonyl (C=O) groups is 3. The fourth-order valence-electron chi connectivity index (χ4n) is 6.47. The third kappa shape index (κ3) is 6.15. The number of amides is 2. The molecule has 2 aliphatic heterocycles. The summed E-state index contributed by atoms with van der Waals surface area (Å²) in [5.74, 6) is -0.422. The van der Waals surface area contributed by atoms with Gasteiger partial charge < -0.3 is 20.5 Å². The van der Waals surface area contributed by atoms with Crippen LogP contribution in [0.15, 0.2) is 18.2 Å². The van der Waals surface area contributed by atoms with Crippen LogP contribution in [0.3, 0.4) is 0 Å². The van der Waals surface area contributed by atoms with Crippen LogP contribution in [-0.4, -0.2) is 71.0 Å². The van der Waals surface area contributed by atoms with Crippen molar-refractivity contribution in [3.05, 3.63) is 29.3 Å². The Morgan fingerprint density at radius 3 is 2.40 bits per heavy atom. The maximum Gasteiger partial charge on any atom is 0.303 e. The highest BCUT2D eigenvalue weighted by molar-refractivity contribution is 5.96. The number of para-hydroxylation sites is 1. The molecule has 1 aromatic rings. The minimum atomic E-state index is -0.610. The zero-order valence-corrected chi connectivity index (χ0v) is 20.8. The van der Waals surface area contributed by atoms with Crippen LogP contribution >= 0.6 is 0 Å². The summed E-state index contributed by atoms with van der Waals surface area (Å²) in [7, 11) is 0. The van der Waals surface area contributed by atoms with Crippen LogP contribution in [0.5, 0.6) is 5.75 Å². The minimum Gasteiger partial charge on any atom is -0.507 e. The number of nitrogens with two attached hydrogens (primary N) is 1. The van der Waals surface area contributed by atoms with Crippen LogP contribution in [0.25, 0.3) is 0 Å². The van der Waals surface area contributed by atoms with E-state index in [4.69, 9.17) is 10.5 Å². The minimum absolute atomic E-state index is 0.0209. The van der Waals surface area contributed by atoms with Crippen LogP contribution in [0, 0.1) is 5.92 Å². The first kappa shape index (κ1) is 25.5. The molecule has 2 atom stereocenters. The summed E-state index contributed by atoms with van der Waals surface area (Å²) in [5.41, 5.74) is 6.43. The number of benzene rings is 1. The highest BCUT2D eigenvalue weighted by Gasteiger charge is 2.42. The molecule has 0 spiro atoms. The topological polar surface area (TPSA) is 113 Å². The zero-order valence-electron chi connectivity index (χ0n) is 20.8. The number of aromatic hydroxyl groups is 1. The lowest BCUT2D eigenvalue weighted by Gasteiger charge is -2.40. The summed E-state index contributed by atoms with van der Waals surface area (Å²) in [4.78, 5) is 40.3. The number of primary amides is 1. The molecular weight excluding hydrogens is 446 g/mol. The summed E-state index contributed by atoms with van der Waals surface area (Å²) in [6.07, 6.45) is 10.0. The number of hydrogen-bond donors (Lipinski definition) is 2. The number of esters is 1. The Morgan fingerprint density at radius 1 is 1.09 bits per heavy atom. The fourth-order valence-corrected chi connectivity index (χ4v) is 6.47. The molecule has 35 heavy (non-hydrogen) atoms. The smallest absolute Gasteiger partial charge is 0.303 e. The number of ether oxygens (including phenoxy) is 1. The molecule has 2 amide bonds. The molecule has 1 aliphatic carbocycles. The molecule has 1 aromatic carbocycles. The molecule has 2 unspecified atom stereocenters. The van der Waals surface area contributed by atoms with E-state index in [9.17, 15) is 19.5 Å². The number of piperidine rings is 1. The van der Waals surface area contributed by atoms with E-state index in [0.717, 1.165) is 57.2 Å². The van der Waals surface area contributed by atoms with Gasteiger partial charge in [0, 0.05) is 38.6 Å². The predicted molar refractivity (Wildman–Crippen MR) is 132 cm³/mol. The van der Waals surface area contributed by atoms with E-state index in [-0.39, 0.29) is 29.7 Å². The number of phenols is 1. The van der Waals surface area contributed by atoms with E-state index >= 15 is 0 Å². The van der Waals surface area contributed by atoms with Crippen molar-refractivity contribution in [1.29, 1.82) is 0 Å². The number of hydrogen-bond acceptors (Lipinski definition) is 6. The summed E-state index contributed by atoms with van der Waals surface area (Å²) in [5, 5.41) is 10.7. The van der Waals surface area contributed by atoms with E-state index in [1.807, 2.05) is 11.0 Å². The Balaban J connectivity index is 1.39. The van der Waals surface area contributed by atoms with Gasteiger partial charge in [-0.15, -0.1) is 0 Å². The van der Waals surface area contributed by atoms with E-state index in [0.29, 0.717) is 24.5 Å². The van der Waals surface area contributed by atoms with Gasteiger partial charge in [0.2, 0.25) is 0 Å². The van der Waals surface area contributed by atoms with Gasteiger partial charge in [-0.05, 0) is 62.0 Å². The van der Waals surface area contributed by atoms with Crippen LogP contribution in [0.2, 0.25) is 0 Å². The number of carbonyl (C=O) groups excluding carboxylic acids is 3. The lowest BCUT2D eigenvalue weighted by Crippen LogP contribution is -2.48. The molecule has 0 aromatic heterocycles. The Morgan fingerprint density at radius 2 is 1.77 bits per heavy atom. The SMILES string of the molecule is CC(=O)OCC(=O)N(CCN1C2CCC1CC(c1cccc(C(N)=O)c1O)C2)CC1CCCCC1. The monoisotopic (exact) mass is 485 g/mol. The first-order valence-electron chi connectivity index (χ1n) is 13.1. The molecular formula is C27H39N3O5. The third-order valence-corrected chi connectivity index (χ3v) is 8.24. The van der Waals surface area contributed by atoms with Crippen molar-refractivity contribution < 1.29 is 24.2 Å². The van der Waals surface area contributed by atoms with E-state index < -0.39 is 11.9 Å². The average Bonchev–Trinajstić information content (AvgIpc) is 3.07. The van der Waals surface area contributed by atoms with Gasteiger partial charge in [0.15, 0.2) is 6.61 Å². The maximum absolute atomic E-state index is 12.9. The number of nitrogens with zero attached hydrogens (tertiary/aromatic N) is 2. The van der Waals surface area contributed by atoms with Crippen molar-refractivity contribution in [2.24, 2.45) is 11.7 Å². The highest BCUT2D eigenvalue weighted by Crippen LogP contribution is 2.45. The van der Waals surface area contributed by atoms with E-state index in [2.05, 4.69) is 4.90 Å². The largest absolute Gasteiger partial charge is 0.507 e. The molecule has 0 radical (unpaired) electrons. The summed E-state index contributed by atoms with van der Waals surface area (Å²) in [6.45, 7) is 3.31. The number of fused-ring (bicyclic) bond motifs is 2. The van der Waals surface area contributed by atoms with Crippen molar-refractivity contribution in [3.8, 4) is 5.75 Å². The van der Waals surface area contributed by atoms with Gasteiger partial charge in [-0.2, -0.15) is 0 Å². The molecule has 3 N–H and O–H groups in total. The van der Waals surface area contributed by atoms with Crippen LogP contribution in [0.4, 0.5) is 0 Å². The van der Waals surface area contributed by atoms with Crippen molar-refractivity contribution in [2.45, 2.75) is 82.7 Å². The molecule has 2 heterocycles. The standard InChI is InChI=1S/C27H39N3O5/c1-18(31)35-17-25(32)29(16-19-6-3-2-4-7-19)12-13-30-21-10-11-22(30)15-20(14-21)23-8-5-9-24(26(23)33)27(28)34/h5,8-9,19-22,33H,2-4,6-7,10-17H2,1H3,(H2,28,34). The molecule has 1 saturated carbocycles. The fraction of sp³-hybridized carbons (Fsp3) is 0.667. The Hall–Kier alpha value is -2.61. The van der Waals surface area contributed by atoms with E-state index in [1.165, 1.54) is 26.2 Å². The lowest BCUT2D eigenvalue weighted by molar-refractivity contribution is -0.150. The normalized spacial score (nSPS) is 24.8. The summed E-state index contributed by atoms with van der Waals surface area (Å²) in [6, 6.07) is 6.03. The molecule has 8 heteroatoms. The Kier molecular flexibility index (Phi) is 8.31. The third-order valence-electron chi connectivity index (χ3n) is 8.24. The molecule has 2 bridgehead atoms. The molecule has 3 aliphatic rings. The second-order valence-corrected chi connectivity index (χ2v) is 10.5. The van der Waals surface area contributed by atoms with Gasteiger partial charge in [0.25, 0.3) is 11.8 Å². The molecule has 2 saturated heterocycles. The van der Waals surface area contributed by atoms with Gasteiger partial charge >= 0.3 is 5.97 Å². The summed E-state index contributed by atoms with van der Waals surface area (Å²) < 4.78 is 5.02. The van der Waals surface area contributed by atoms with Gasteiger partial charge in [0.05, 0.1) is 5.56 Å². The lowest BCUT2D eigenvalue weighted by atomic mass is 9.83. The Labute approximate surface area is 207 Å². The van der Waals surface area contributed by atoms with Gasteiger partial charge in [0.1, 0.15) is 5.75 Å². The maximum atomic E-state index is 12.9.